The number of ether oxygens (including phenoxy) is 1. The van der Waals surface area contributed by atoms with Crippen LogP contribution in [0.5, 0.6) is 0 Å². The first kappa shape index (κ1) is 32.5. The fourth-order valence-corrected chi connectivity index (χ4v) is 9.10. The first-order valence-corrected chi connectivity index (χ1v) is 17.5. The van der Waals surface area contributed by atoms with Crippen molar-refractivity contribution in [2.24, 2.45) is 10.9 Å². The monoisotopic (exact) mass is 680 g/mol. The van der Waals surface area contributed by atoms with Crippen molar-refractivity contribution in [2.45, 2.75) is 56.1 Å². The molecule has 0 bridgehead atoms. The van der Waals surface area contributed by atoms with Crippen LogP contribution in [0.15, 0.2) is 82.5 Å². The van der Waals surface area contributed by atoms with E-state index in [4.69, 9.17) is 32.9 Å². The van der Waals surface area contributed by atoms with Gasteiger partial charge in [-0.25, -0.2) is 4.99 Å². The highest BCUT2D eigenvalue weighted by atomic mass is 35.5. The summed E-state index contributed by atoms with van der Waals surface area (Å²) in [4.78, 5) is 24.5. The van der Waals surface area contributed by atoms with Crippen molar-refractivity contribution in [3.63, 3.8) is 0 Å². The molecular weight excluding hydrogens is 643 g/mol. The summed E-state index contributed by atoms with van der Waals surface area (Å²) in [6, 6.07) is 15.9. The van der Waals surface area contributed by atoms with Gasteiger partial charge in [-0.3, -0.25) is 9.69 Å². The number of piperazine rings is 1. The van der Waals surface area contributed by atoms with Gasteiger partial charge in [0.2, 0.25) is 11.8 Å². The summed E-state index contributed by atoms with van der Waals surface area (Å²) in [5, 5.41) is 23.0. The van der Waals surface area contributed by atoms with Gasteiger partial charge in [0.25, 0.3) is 0 Å². The Morgan fingerprint density at radius 1 is 1.06 bits per heavy atom. The molecule has 10 heteroatoms. The fraction of sp³-hybridized carbons (Fsp3) is 0.421. The molecule has 2 aromatic carbocycles. The summed E-state index contributed by atoms with van der Waals surface area (Å²) in [6.45, 7) is 7.76. The van der Waals surface area contributed by atoms with E-state index in [9.17, 15) is 15.3 Å². The number of hydrogen-bond donors (Lipinski definition) is 0. The minimum absolute atomic E-state index is 0.00231. The average Bonchev–Trinajstić information content (AvgIpc) is 3.68. The predicted octanol–water partition coefficient (Wildman–Crippen LogP) is 6.84. The van der Waals surface area contributed by atoms with Gasteiger partial charge in [0.05, 0.1) is 42.6 Å². The smallest absolute Gasteiger partial charge is 0.246 e. The summed E-state index contributed by atoms with van der Waals surface area (Å²) in [6.07, 6.45) is 10.3. The number of benzene rings is 2. The van der Waals surface area contributed by atoms with Gasteiger partial charge in [-0.05, 0) is 73.5 Å². The molecule has 246 valence electrons. The number of aliphatic imine (C=N–C) groups is 1. The molecular formula is C38H38Cl2N6O2. The lowest BCUT2D eigenvalue weighted by atomic mass is 9.81. The number of carbonyl (C=O) groups is 1. The molecule has 3 saturated heterocycles. The van der Waals surface area contributed by atoms with Crippen molar-refractivity contribution in [3.05, 3.63) is 88.1 Å². The highest BCUT2D eigenvalue weighted by Gasteiger charge is 2.46. The van der Waals surface area contributed by atoms with Crippen LogP contribution < -0.4 is 0 Å². The molecule has 3 atom stereocenters. The Labute approximate surface area is 291 Å². The van der Waals surface area contributed by atoms with Gasteiger partial charge in [-0.1, -0.05) is 66.2 Å². The zero-order valence-corrected chi connectivity index (χ0v) is 28.4. The number of dihydropyridines is 1. The maximum atomic E-state index is 12.8. The first-order valence-electron chi connectivity index (χ1n) is 16.8. The molecule has 7 rings (SSSR count). The van der Waals surface area contributed by atoms with E-state index in [0.29, 0.717) is 42.2 Å². The van der Waals surface area contributed by atoms with Gasteiger partial charge < -0.3 is 14.5 Å². The van der Waals surface area contributed by atoms with E-state index >= 15 is 0 Å². The van der Waals surface area contributed by atoms with Crippen molar-refractivity contribution in [1.29, 1.82) is 10.5 Å². The Morgan fingerprint density at radius 2 is 1.83 bits per heavy atom. The van der Waals surface area contributed by atoms with Crippen LogP contribution in [0, 0.1) is 28.6 Å². The topological polar surface area (TPSA) is 96.0 Å². The predicted molar refractivity (Wildman–Crippen MR) is 189 cm³/mol. The van der Waals surface area contributed by atoms with Gasteiger partial charge in [0.1, 0.15) is 6.61 Å². The molecule has 0 spiro atoms. The van der Waals surface area contributed by atoms with E-state index in [-0.39, 0.29) is 42.3 Å². The van der Waals surface area contributed by atoms with Crippen molar-refractivity contribution in [3.8, 4) is 12.1 Å². The second kappa shape index (κ2) is 13.4. The third-order valence-corrected chi connectivity index (χ3v) is 11.4. The summed E-state index contributed by atoms with van der Waals surface area (Å²) >= 11 is 13.9. The van der Waals surface area contributed by atoms with Gasteiger partial charge >= 0.3 is 0 Å². The molecule has 5 aliphatic rings. The van der Waals surface area contributed by atoms with E-state index in [0.717, 1.165) is 72.0 Å². The van der Waals surface area contributed by atoms with Crippen molar-refractivity contribution in [1.82, 2.24) is 14.7 Å². The Morgan fingerprint density at radius 3 is 2.56 bits per heavy atom. The molecule has 0 aromatic heterocycles. The number of halogens is 2. The van der Waals surface area contributed by atoms with Crippen LogP contribution in [0.25, 0.3) is 16.3 Å². The SMILES string of the molecule is C=CC(=O)N1CCN(C2=C(CC#N)C(OCC34CCCN3CCC4)=NC3C=C(c4cccc5cccc(Cl)c45)C(Cl)=CC23)C[C@@H]1CC#N. The highest BCUT2D eigenvalue weighted by Crippen LogP contribution is 2.45. The van der Waals surface area contributed by atoms with Gasteiger partial charge in [-0.2, -0.15) is 10.5 Å². The summed E-state index contributed by atoms with van der Waals surface area (Å²) in [5.74, 6) is 0.0480. The Kier molecular flexibility index (Phi) is 9.09. The molecule has 2 aromatic rings. The van der Waals surface area contributed by atoms with E-state index in [1.165, 1.54) is 6.08 Å². The van der Waals surface area contributed by atoms with Crippen LogP contribution >= 0.6 is 23.2 Å². The molecule has 4 aliphatic heterocycles. The number of carbonyl (C=O) groups excluding carboxylic acids is 1. The molecule has 1 aliphatic carbocycles. The molecule has 48 heavy (non-hydrogen) atoms. The van der Waals surface area contributed by atoms with Crippen LogP contribution in [0.3, 0.4) is 0 Å². The quantitative estimate of drug-likeness (QED) is 0.297. The maximum absolute atomic E-state index is 12.8. The standard InChI is InChI=1S/C38H38Cl2N6O2/c1-2-34(47)46-20-19-44(23-26(46)11-15-41)36-28(12-16-42)37(48-24-38-13-5-17-45(38)18-6-14-38)43-33-22-29(32(40)21-30(33)36)27-9-3-7-25-8-4-10-31(39)35(25)27/h2-4,7-10,21-22,26,30,33H,1,5-6,11-14,17-20,23-24H2/t26-,30?,33?/m0/s1. The number of nitrogens with zero attached hydrogens (tertiary/aromatic N) is 6. The van der Waals surface area contributed by atoms with Gasteiger partial charge in [0.15, 0.2) is 0 Å². The molecule has 0 N–H and O–H groups in total. The lowest BCUT2D eigenvalue weighted by Gasteiger charge is -2.46. The number of fused-ring (bicyclic) bond motifs is 3. The number of rotatable bonds is 7. The Bertz CT molecular complexity index is 1850. The van der Waals surface area contributed by atoms with E-state index < -0.39 is 0 Å². The second-order valence-electron chi connectivity index (χ2n) is 13.3. The molecule has 0 radical (unpaired) electrons. The van der Waals surface area contributed by atoms with Crippen LogP contribution in [-0.2, 0) is 9.53 Å². The summed E-state index contributed by atoms with van der Waals surface area (Å²) in [5.41, 5.74) is 3.46. The molecule has 3 fully saturated rings. The zero-order valence-electron chi connectivity index (χ0n) is 26.9. The zero-order chi connectivity index (χ0) is 33.4. The number of amides is 1. The maximum Gasteiger partial charge on any atom is 0.246 e. The van der Waals surface area contributed by atoms with Crippen molar-refractivity contribution >= 4 is 51.4 Å². The Hall–Kier alpha value is -4.08. The lowest BCUT2D eigenvalue weighted by molar-refractivity contribution is -0.130. The van der Waals surface area contributed by atoms with Gasteiger partial charge in [0, 0.05) is 52.3 Å². The molecule has 4 heterocycles. The van der Waals surface area contributed by atoms with Crippen molar-refractivity contribution in [2.75, 3.05) is 39.3 Å². The third kappa shape index (κ3) is 5.71. The fourth-order valence-electron chi connectivity index (χ4n) is 8.52. The molecule has 8 nitrogen and oxygen atoms in total. The summed E-state index contributed by atoms with van der Waals surface area (Å²) < 4.78 is 6.75. The lowest BCUT2D eigenvalue weighted by Crippen LogP contribution is -2.56. The number of allylic oxidation sites excluding steroid dienone is 2. The minimum Gasteiger partial charge on any atom is -0.476 e. The van der Waals surface area contributed by atoms with Crippen molar-refractivity contribution < 1.29 is 9.53 Å². The minimum atomic E-state index is -0.351. The molecule has 0 saturated carbocycles. The molecule has 2 unspecified atom stereocenters. The van der Waals surface area contributed by atoms with Gasteiger partial charge in [-0.15, -0.1) is 0 Å². The van der Waals surface area contributed by atoms with E-state index in [1.807, 2.05) is 42.5 Å². The van der Waals surface area contributed by atoms with Crippen LogP contribution in [0.1, 0.15) is 44.1 Å². The normalized spacial score (nSPS) is 25.0. The Balaban J connectivity index is 1.32. The average molecular weight is 682 g/mol. The van der Waals surface area contributed by atoms with E-state index in [1.54, 1.807) is 4.90 Å². The highest BCUT2D eigenvalue weighted by molar-refractivity contribution is 6.39. The number of hydrogen-bond acceptors (Lipinski definition) is 7. The number of nitriles is 2. The van der Waals surface area contributed by atoms with E-state index in [2.05, 4.69) is 34.6 Å². The largest absolute Gasteiger partial charge is 0.476 e. The second-order valence-corrected chi connectivity index (χ2v) is 14.1. The first-order chi connectivity index (χ1) is 23.4. The summed E-state index contributed by atoms with van der Waals surface area (Å²) in [7, 11) is 0. The third-order valence-electron chi connectivity index (χ3n) is 10.7. The van der Waals surface area contributed by atoms with Crippen LogP contribution in [-0.4, -0.2) is 83.5 Å². The van der Waals surface area contributed by atoms with Crippen LogP contribution in [0.2, 0.25) is 5.02 Å². The molecule has 1 amide bonds. The van der Waals surface area contributed by atoms with Crippen LogP contribution in [0.4, 0.5) is 0 Å².